The fourth-order valence-electron chi connectivity index (χ4n) is 0.565. The summed E-state index contributed by atoms with van der Waals surface area (Å²) in [5.41, 5.74) is 0.688. The lowest BCUT2D eigenvalue weighted by atomic mass is 10.1. The smallest absolute Gasteiger partial charge is 0.0260 e. The first kappa shape index (κ1) is 11.5. The number of hydrogen-bond donors (Lipinski definition) is 2. The average molecular weight is 184 g/mol. The summed E-state index contributed by atoms with van der Waals surface area (Å²) in [5.74, 6) is 1.07. The van der Waals surface area contributed by atoms with Crippen molar-refractivity contribution >= 4 is 17.7 Å². The second-order valence-electron chi connectivity index (χ2n) is 2.62. The molecule has 0 rings (SSSR count). The summed E-state index contributed by atoms with van der Waals surface area (Å²) >= 11 is 1.30. The molecular formula is C9H16N2S. The van der Waals surface area contributed by atoms with Gasteiger partial charge in [0.15, 0.2) is 0 Å². The van der Waals surface area contributed by atoms with E-state index in [4.69, 9.17) is 10.5 Å². The van der Waals surface area contributed by atoms with Gasteiger partial charge in [-0.15, -0.1) is 0 Å². The second kappa shape index (κ2) is 7.13. The van der Waals surface area contributed by atoms with Crippen LogP contribution in [0, 0.1) is 11.3 Å². The van der Waals surface area contributed by atoms with Gasteiger partial charge in [-0.05, 0) is 6.92 Å². The molecule has 12 heavy (non-hydrogen) atoms. The fourth-order valence-corrected chi connectivity index (χ4v) is 0.787. The molecule has 2 nitrogen and oxygen atoms in total. The number of hydrogen-bond acceptors (Lipinski definition) is 3. The van der Waals surface area contributed by atoms with Crippen molar-refractivity contribution in [3.8, 4) is 0 Å². The van der Waals surface area contributed by atoms with Crippen molar-refractivity contribution in [2.24, 2.45) is 11.1 Å². The zero-order chi connectivity index (χ0) is 9.40. The van der Waals surface area contributed by atoms with Gasteiger partial charge in [0.1, 0.15) is 0 Å². The third-order valence-electron chi connectivity index (χ3n) is 1.52. The molecule has 0 aliphatic rings. The highest BCUT2D eigenvalue weighted by atomic mass is 32.2. The number of allylic oxidation sites excluding steroid dienone is 3. The van der Waals surface area contributed by atoms with Crippen LogP contribution in [-0.2, 0) is 0 Å². The lowest BCUT2D eigenvalue weighted by Gasteiger charge is -1.99. The topological polar surface area (TPSA) is 49.9 Å². The standard InChI is InChI=1S/C9H16N2S/c1-8(9(2)10)6-4-3-5-7-12-11/h3-6,8,10H,7,11H2,1-2H3/b5-3-,6-4-,10-9?. The van der Waals surface area contributed by atoms with Crippen molar-refractivity contribution in [3.63, 3.8) is 0 Å². The van der Waals surface area contributed by atoms with Crippen molar-refractivity contribution in [2.75, 3.05) is 5.75 Å². The number of rotatable bonds is 5. The van der Waals surface area contributed by atoms with E-state index in [1.54, 1.807) is 0 Å². The van der Waals surface area contributed by atoms with Crippen molar-refractivity contribution in [3.05, 3.63) is 24.3 Å². The molecule has 3 heteroatoms. The second-order valence-corrected chi connectivity index (χ2v) is 3.28. The summed E-state index contributed by atoms with van der Waals surface area (Å²) in [5, 5.41) is 12.5. The molecule has 0 bridgehead atoms. The lowest BCUT2D eigenvalue weighted by molar-refractivity contribution is 0.978. The molecule has 1 atom stereocenters. The third-order valence-corrected chi connectivity index (χ3v) is 1.91. The van der Waals surface area contributed by atoms with Crippen LogP contribution >= 0.6 is 11.9 Å². The molecule has 0 radical (unpaired) electrons. The van der Waals surface area contributed by atoms with E-state index in [0.717, 1.165) is 5.75 Å². The normalized spacial score (nSPS) is 14.2. The van der Waals surface area contributed by atoms with Crippen LogP contribution in [0.15, 0.2) is 24.3 Å². The van der Waals surface area contributed by atoms with Crippen LogP contribution < -0.4 is 5.14 Å². The van der Waals surface area contributed by atoms with E-state index in [1.807, 2.05) is 38.2 Å². The van der Waals surface area contributed by atoms with Crippen LogP contribution in [0.25, 0.3) is 0 Å². The van der Waals surface area contributed by atoms with Gasteiger partial charge in [0, 0.05) is 17.4 Å². The molecule has 0 amide bonds. The molecule has 0 fully saturated rings. The van der Waals surface area contributed by atoms with Crippen LogP contribution in [-0.4, -0.2) is 11.5 Å². The molecule has 0 aromatic carbocycles. The van der Waals surface area contributed by atoms with Gasteiger partial charge in [0.2, 0.25) is 0 Å². The molecule has 0 aliphatic heterocycles. The molecule has 0 saturated carbocycles. The Hall–Kier alpha value is -0.540. The van der Waals surface area contributed by atoms with E-state index < -0.39 is 0 Å². The molecule has 3 N–H and O–H groups in total. The molecule has 0 aromatic heterocycles. The number of nitrogens with two attached hydrogens (primary N) is 1. The summed E-state index contributed by atoms with van der Waals surface area (Å²) in [6.45, 7) is 3.82. The van der Waals surface area contributed by atoms with Gasteiger partial charge in [0.25, 0.3) is 0 Å². The Labute approximate surface area is 78.6 Å². The van der Waals surface area contributed by atoms with Gasteiger partial charge in [-0.25, -0.2) is 0 Å². The van der Waals surface area contributed by atoms with Crippen molar-refractivity contribution in [2.45, 2.75) is 13.8 Å². The maximum atomic E-state index is 7.32. The van der Waals surface area contributed by atoms with E-state index in [0.29, 0.717) is 5.71 Å². The minimum absolute atomic E-state index is 0.236. The third kappa shape index (κ3) is 6.19. The van der Waals surface area contributed by atoms with Crippen LogP contribution in [0.3, 0.4) is 0 Å². The average Bonchev–Trinajstić information content (AvgIpc) is 2.03. The summed E-state index contributed by atoms with van der Waals surface area (Å²) < 4.78 is 0. The van der Waals surface area contributed by atoms with Gasteiger partial charge in [-0.3, -0.25) is 5.14 Å². The largest absolute Gasteiger partial charge is 0.309 e. The number of nitrogens with one attached hydrogen (secondary N) is 1. The van der Waals surface area contributed by atoms with Gasteiger partial charge in [-0.2, -0.15) is 0 Å². The molecule has 0 aliphatic carbocycles. The van der Waals surface area contributed by atoms with Gasteiger partial charge in [0.05, 0.1) is 0 Å². The maximum absolute atomic E-state index is 7.32. The SMILES string of the molecule is CC(=N)C(C)/C=C\C=C/CSN. The Kier molecular flexibility index (Phi) is 6.81. The quantitative estimate of drug-likeness (QED) is 0.391. The monoisotopic (exact) mass is 184 g/mol. The predicted molar refractivity (Wildman–Crippen MR) is 57.5 cm³/mol. The van der Waals surface area contributed by atoms with Crippen molar-refractivity contribution < 1.29 is 0 Å². The van der Waals surface area contributed by atoms with Crippen LogP contribution in [0.4, 0.5) is 0 Å². The van der Waals surface area contributed by atoms with E-state index in [2.05, 4.69) is 0 Å². The fraction of sp³-hybridized carbons (Fsp3) is 0.444. The Morgan fingerprint density at radius 2 is 2.25 bits per heavy atom. The minimum Gasteiger partial charge on any atom is -0.309 e. The zero-order valence-corrected chi connectivity index (χ0v) is 8.40. The molecule has 0 heterocycles. The first-order valence-electron chi connectivity index (χ1n) is 3.88. The molecule has 1 unspecified atom stereocenters. The molecule has 0 aromatic rings. The first-order chi connectivity index (χ1) is 5.68. The summed E-state index contributed by atoms with van der Waals surface area (Å²) in [7, 11) is 0. The zero-order valence-electron chi connectivity index (χ0n) is 7.58. The van der Waals surface area contributed by atoms with Gasteiger partial charge >= 0.3 is 0 Å². The van der Waals surface area contributed by atoms with Crippen LogP contribution in [0.5, 0.6) is 0 Å². The van der Waals surface area contributed by atoms with Crippen LogP contribution in [0.1, 0.15) is 13.8 Å². The van der Waals surface area contributed by atoms with E-state index in [-0.39, 0.29) is 5.92 Å². The van der Waals surface area contributed by atoms with Crippen molar-refractivity contribution in [1.29, 1.82) is 5.41 Å². The van der Waals surface area contributed by atoms with E-state index >= 15 is 0 Å². The van der Waals surface area contributed by atoms with Gasteiger partial charge in [-0.1, -0.05) is 43.2 Å². The van der Waals surface area contributed by atoms with E-state index in [9.17, 15) is 0 Å². The van der Waals surface area contributed by atoms with Crippen LogP contribution in [0.2, 0.25) is 0 Å². The molecule has 68 valence electrons. The summed E-state index contributed by atoms with van der Waals surface area (Å²) in [4.78, 5) is 0. The summed E-state index contributed by atoms with van der Waals surface area (Å²) in [6, 6.07) is 0. The highest BCUT2D eigenvalue weighted by molar-refractivity contribution is 7.97. The summed E-state index contributed by atoms with van der Waals surface area (Å²) in [6.07, 6.45) is 7.91. The minimum atomic E-state index is 0.236. The Morgan fingerprint density at radius 3 is 2.75 bits per heavy atom. The molecule has 0 spiro atoms. The highest BCUT2D eigenvalue weighted by Gasteiger charge is 1.95. The predicted octanol–water partition coefficient (Wildman–Crippen LogP) is 2.38. The lowest BCUT2D eigenvalue weighted by Crippen LogP contribution is -2.00. The van der Waals surface area contributed by atoms with E-state index in [1.165, 1.54) is 11.9 Å². The van der Waals surface area contributed by atoms with Crippen molar-refractivity contribution in [1.82, 2.24) is 0 Å². The highest BCUT2D eigenvalue weighted by Crippen LogP contribution is 1.98. The Morgan fingerprint density at radius 1 is 1.58 bits per heavy atom. The first-order valence-corrected chi connectivity index (χ1v) is 4.93. The Balaban J connectivity index is 3.68. The molecular weight excluding hydrogens is 168 g/mol. The maximum Gasteiger partial charge on any atom is 0.0260 e. The molecule has 0 saturated heterocycles. The Bertz CT molecular complexity index is 185. The van der Waals surface area contributed by atoms with Gasteiger partial charge < -0.3 is 5.41 Å².